The topological polar surface area (TPSA) is 125 Å². The lowest BCUT2D eigenvalue weighted by atomic mass is 10.1. The second-order valence-electron chi connectivity index (χ2n) is 7.52. The van der Waals surface area contributed by atoms with E-state index in [-0.39, 0.29) is 16.5 Å². The molecular weight excluding hydrogens is 476 g/mol. The molecule has 3 heterocycles. The molecule has 12 heteroatoms. The van der Waals surface area contributed by atoms with Crippen molar-refractivity contribution in [3.8, 4) is 0 Å². The summed E-state index contributed by atoms with van der Waals surface area (Å²) in [6.45, 7) is 5.18. The monoisotopic (exact) mass is 500 g/mol. The third-order valence-electron chi connectivity index (χ3n) is 5.48. The highest BCUT2D eigenvalue weighted by Crippen LogP contribution is 2.29. The van der Waals surface area contributed by atoms with E-state index >= 15 is 0 Å². The summed E-state index contributed by atoms with van der Waals surface area (Å²) >= 11 is 1.32. The first-order chi connectivity index (χ1) is 16.3. The summed E-state index contributed by atoms with van der Waals surface area (Å²) in [5, 5.41) is 3.18. The van der Waals surface area contributed by atoms with Gasteiger partial charge in [0.05, 0.1) is 23.3 Å². The number of sulfonamides is 1. The van der Waals surface area contributed by atoms with Crippen LogP contribution in [0.15, 0.2) is 47.8 Å². The van der Waals surface area contributed by atoms with Crippen molar-refractivity contribution < 1.29 is 18.0 Å². The lowest BCUT2D eigenvalue weighted by molar-refractivity contribution is 0.0736. The van der Waals surface area contributed by atoms with Crippen LogP contribution in [0.2, 0.25) is 0 Å². The fourth-order valence-electron chi connectivity index (χ4n) is 3.66. The van der Waals surface area contributed by atoms with E-state index in [0.717, 1.165) is 10.6 Å². The van der Waals surface area contributed by atoms with Gasteiger partial charge in [0.2, 0.25) is 10.0 Å². The van der Waals surface area contributed by atoms with Crippen molar-refractivity contribution in [1.82, 2.24) is 24.2 Å². The van der Waals surface area contributed by atoms with Crippen molar-refractivity contribution in [1.29, 1.82) is 0 Å². The van der Waals surface area contributed by atoms with Gasteiger partial charge in [-0.15, -0.1) is 0 Å². The van der Waals surface area contributed by atoms with Crippen molar-refractivity contribution in [2.75, 3.05) is 25.0 Å². The third kappa shape index (κ3) is 4.83. The van der Waals surface area contributed by atoms with Crippen molar-refractivity contribution in [2.45, 2.75) is 31.7 Å². The second-order valence-corrected chi connectivity index (χ2v) is 10.5. The quantitative estimate of drug-likeness (QED) is 0.528. The molecule has 1 N–H and O–H groups in total. The zero-order valence-corrected chi connectivity index (χ0v) is 20.4. The van der Waals surface area contributed by atoms with E-state index in [1.54, 1.807) is 30.9 Å². The van der Waals surface area contributed by atoms with Crippen LogP contribution in [0.1, 0.15) is 45.3 Å². The molecule has 0 fully saturated rings. The van der Waals surface area contributed by atoms with Gasteiger partial charge in [0, 0.05) is 48.9 Å². The van der Waals surface area contributed by atoms with Gasteiger partial charge in [-0.3, -0.25) is 19.9 Å². The first-order valence-electron chi connectivity index (χ1n) is 10.8. The lowest BCUT2D eigenvalue weighted by Gasteiger charge is -2.26. The predicted molar refractivity (Wildman–Crippen MR) is 127 cm³/mol. The van der Waals surface area contributed by atoms with Crippen LogP contribution in [0.5, 0.6) is 0 Å². The van der Waals surface area contributed by atoms with Crippen LogP contribution in [-0.2, 0) is 23.0 Å². The highest BCUT2D eigenvalue weighted by atomic mass is 32.2. The van der Waals surface area contributed by atoms with E-state index in [0.29, 0.717) is 43.3 Å². The number of benzene rings is 1. The Bertz CT molecular complexity index is 1290. The molecule has 2 aromatic heterocycles. The van der Waals surface area contributed by atoms with Crippen molar-refractivity contribution in [3.05, 3.63) is 64.7 Å². The number of nitrogens with zero attached hydrogens (tertiary/aromatic N) is 5. The fraction of sp³-hybridized carbons (Fsp3) is 0.318. The molecule has 178 valence electrons. The van der Waals surface area contributed by atoms with Crippen LogP contribution < -0.4 is 5.32 Å². The number of nitrogens with one attached hydrogen (secondary N) is 1. The van der Waals surface area contributed by atoms with Crippen molar-refractivity contribution in [3.63, 3.8) is 0 Å². The van der Waals surface area contributed by atoms with E-state index < -0.39 is 15.9 Å². The van der Waals surface area contributed by atoms with E-state index in [1.165, 1.54) is 46.4 Å². The Morgan fingerprint density at radius 3 is 2.53 bits per heavy atom. The Labute approximate surface area is 201 Å². The van der Waals surface area contributed by atoms with Gasteiger partial charge in [0.1, 0.15) is 5.69 Å². The van der Waals surface area contributed by atoms with Gasteiger partial charge in [-0.05, 0) is 24.3 Å². The maximum Gasteiger partial charge on any atom is 0.277 e. The van der Waals surface area contributed by atoms with E-state index in [1.807, 2.05) is 0 Å². The average Bonchev–Trinajstić information content (AvgIpc) is 3.26. The summed E-state index contributed by atoms with van der Waals surface area (Å²) in [6.07, 6.45) is 4.87. The van der Waals surface area contributed by atoms with Crippen LogP contribution in [0, 0.1) is 0 Å². The molecule has 0 spiro atoms. The first kappa shape index (κ1) is 23.9. The molecule has 1 aromatic carbocycles. The largest absolute Gasteiger partial charge is 0.333 e. The minimum absolute atomic E-state index is 0.166. The summed E-state index contributed by atoms with van der Waals surface area (Å²) < 4.78 is 26.7. The Hall–Kier alpha value is -3.22. The van der Waals surface area contributed by atoms with Crippen LogP contribution in [0.3, 0.4) is 0 Å². The first-order valence-corrected chi connectivity index (χ1v) is 13.0. The maximum atomic E-state index is 13.1. The fourth-order valence-corrected chi connectivity index (χ4v) is 6.14. The van der Waals surface area contributed by atoms with Gasteiger partial charge in [0.25, 0.3) is 11.8 Å². The highest BCUT2D eigenvalue weighted by Gasteiger charge is 2.27. The number of aromatic nitrogens is 3. The van der Waals surface area contributed by atoms with Gasteiger partial charge in [-0.1, -0.05) is 25.2 Å². The van der Waals surface area contributed by atoms with Gasteiger partial charge >= 0.3 is 0 Å². The molecule has 0 atom stereocenters. The molecule has 0 radical (unpaired) electrons. The molecule has 1 aliphatic rings. The van der Waals surface area contributed by atoms with Gasteiger partial charge in [0.15, 0.2) is 5.13 Å². The number of rotatable bonds is 7. The number of fused-ring (bicyclic) bond motifs is 1. The van der Waals surface area contributed by atoms with E-state index in [2.05, 4.69) is 20.3 Å². The van der Waals surface area contributed by atoms with Gasteiger partial charge in [-0.2, -0.15) is 4.31 Å². The van der Waals surface area contributed by atoms with Crippen molar-refractivity contribution >= 4 is 38.3 Å². The maximum absolute atomic E-state index is 13.1. The molecule has 0 bridgehead atoms. The third-order valence-corrected chi connectivity index (χ3v) is 8.54. The number of carbonyl (C=O) groups is 2. The minimum Gasteiger partial charge on any atom is -0.333 e. The Morgan fingerprint density at radius 1 is 1.15 bits per heavy atom. The number of amides is 2. The summed E-state index contributed by atoms with van der Waals surface area (Å²) in [6, 6.07) is 6.05. The highest BCUT2D eigenvalue weighted by molar-refractivity contribution is 7.89. The van der Waals surface area contributed by atoms with E-state index in [4.69, 9.17) is 0 Å². The Balaban J connectivity index is 1.44. The lowest BCUT2D eigenvalue weighted by Crippen LogP contribution is -2.35. The molecule has 3 aromatic rings. The molecular formula is C22H24N6O4S2. The number of hydrogen-bond acceptors (Lipinski definition) is 8. The second kappa shape index (κ2) is 9.95. The number of anilines is 1. The number of carbonyl (C=O) groups excluding carboxylic acids is 2. The SMILES string of the molecule is CCN(CC)S(=O)(=O)c1ccc(C(=O)N2CCc3nc(NC(=O)c4cnccn4)sc3C2)cc1. The molecule has 10 nitrogen and oxygen atoms in total. The summed E-state index contributed by atoms with van der Waals surface area (Å²) in [5.74, 6) is -0.581. The molecule has 0 aliphatic carbocycles. The zero-order chi connectivity index (χ0) is 24.3. The Kier molecular flexibility index (Phi) is 7.00. The summed E-state index contributed by atoms with van der Waals surface area (Å²) in [7, 11) is -3.58. The normalized spacial score (nSPS) is 13.6. The molecule has 0 saturated carbocycles. The van der Waals surface area contributed by atoms with Crippen molar-refractivity contribution in [2.24, 2.45) is 0 Å². The molecule has 0 unspecified atom stereocenters. The van der Waals surface area contributed by atoms with Gasteiger partial charge in [-0.25, -0.2) is 18.4 Å². The molecule has 1 aliphatic heterocycles. The molecule has 4 rings (SSSR count). The smallest absolute Gasteiger partial charge is 0.277 e. The summed E-state index contributed by atoms with van der Waals surface area (Å²) in [5.41, 5.74) is 1.46. The number of thiazole rings is 1. The molecule has 0 saturated heterocycles. The molecule has 34 heavy (non-hydrogen) atoms. The standard InChI is InChI=1S/C22H24N6O4S2/c1-3-28(4-2)34(31,32)16-7-5-15(6-8-16)21(30)27-12-9-17-19(14-27)33-22(25-17)26-20(29)18-13-23-10-11-24-18/h5-8,10-11,13H,3-4,9,12,14H2,1-2H3,(H,25,26,29). The van der Waals surface area contributed by atoms with Crippen LogP contribution in [0.4, 0.5) is 5.13 Å². The van der Waals surface area contributed by atoms with E-state index in [9.17, 15) is 18.0 Å². The zero-order valence-electron chi connectivity index (χ0n) is 18.8. The Morgan fingerprint density at radius 2 is 1.88 bits per heavy atom. The molecule has 2 amide bonds. The summed E-state index contributed by atoms with van der Waals surface area (Å²) in [4.78, 5) is 40.5. The number of hydrogen-bond donors (Lipinski definition) is 1. The van der Waals surface area contributed by atoms with Crippen LogP contribution in [0.25, 0.3) is 0 Å². The van der Waals surface area contributed by atoms with Crippen LogP contribution >= 0.6 is 11.3 Å². The average molecular weight is 501 g/mol. The van der Waals surface area contributed by atoms with Crippen LogP contribution in [-0.4, -0.2) is 64.0 Å². The minimum atomic E-state index is -3.58. The van der Waals surface area contributed by atoms with Gasteiger partial charge < -0.3 is 4.90 Å². The predicted octanol–water partition coefficient (Wildman–Crippen LogP) is 2.41.